The van der Waals surface area contributed by atoms with E-state index in [1.807, 2.05) is 20.0 Å². The van der Waals surface area contributed by atoms with Gasteiger partial charge in [0.25, 0.3) is 0 Å². The van der Waals surface area contributed by atoms with Gasteiger partial charge in [-0.25, -0.2) is 0 Å². The van der Waals surface area contributed by atoms with Gasteiger partial charge in [-0.05, 0) is 73.7 Å². The quantitative estimate of drug-likeness (QED) is 0.390. The van der Waals surface area contributed by atoms with Crippen LogP contribution in [0.4, 0.5) is 0 Å². The molecule has 0 bridgehead atoms. The topological polar surface area (TPSA) is 36.0 Å². The Morgan fingerprint density at radius 2 is 1.90 bits per heavy atom. The van der Waals surface area contributed by atoms with Crippen LogP contribution < -0.4 is 4.72 Å². The molecule has 4 rings (SSSR count). The summed E-state index contributed by atoms with van der Waals surface area (Å²) < 4.78 is 5.81. The number of hydrogen-bond acceptors (Lipinski definition) is 3. The van der Waals surface area contributed by atoms with E-state index in [1.54, 1.807) is 11.9 Å². The standard InChI is InChI=1S/C22H26N4S.C2H6/c1-15-5-8-18-19(14-26(4)21(18)11-15)22(25(2)3)13-24-27-17-7-6-16-9-10-23-20(16)12-17;1-2/h5-12,14,22-24H,13H2,1-4H3;1-2H3. The predicted octanol–water partition coefficient (Wildman–Crippen LogP) is 5.89. The monoisotopic (exact) mass is 408 g/mol. The molecule has 0 spiro atoms. The van der Waals surface area contributed by atoms with E-state index in [0.717, 1.165) is 6.54 Å². The predicted molar refractivity (Wildman–Crippen MR) is 128 cm³/mol. The Hall–Kier alpha value is -2.21. The lowest BCUT2D eigenvalue weighted by Gasteiger charge is -2.24. The van der Waals surface area contributed by atoms with Crippen LogP contribution in [0.3, 0.4) is 0 Å². The normalized spacial score (nSPS) is 12.4. The molecule has 0 aliphatic carbocycles. The van der Waals surface area contributed by atoms with Crippen molar-refractivity contribution in [2.45, 2.75) is 31.7 Å². The fourth-order valence-corrected chi connectivity index (χ4v) is 4.38. The maximum atomic E-state index is 3.58. The molecular formula is C24H32N4S. The molecule has 2 N–H and O–H groups in total. The zero-order valence-electron chi connectivity index (χ0n) is 18.3. The van der Waals surface area contributed by atoms with Crippen LogP contribution in [0.5, 0.6) is 0 Å². The number of nitrogens with zero attached hydrogens (tertiary/aromatic N) is 2. The maximum Gasteiger partial charge on any atom is 0.0497 e. The molecule has 0 amide bonds. The third-order valence-electron chi connectivity index (χ3n) is 5.15. The first kappa shape index (κ1) is 21.5. The summed E-state index contributed by atoms with van der Waals surface area (Å²) in [6.45, 7) is 7.02. The van der Waals surface area contributed by atoms with E-state index in [1.165, 1.54) is 37.8 Å². The number of likely N-dealkylation sites (N-methyl/N-ethyl adjacent to an activating group) is 1. The van der Waals surface area contributed by atoms with E-state index in [-0.39, 0.29) is 0 Å². The van der Waals surface area contributed by atoms with Crippen LogP contribution in [0.1, 0.15) is 31.0 Å². The molecule has 29 heavy (non-hydrogen) atoms. The Morgan fingerprint density at radius 3 is 2.66 bits per heavy atom. The zero-order valence-corrected chi connectivity index (χ0v) is 19.1. The van der Waals surface area contributed by atoms with Gasteiger partial charge in [0.15, 0.2) is 0 Å². The van der Waals surface area contributed by atoms with Crippen molar-refractivity contribution < 1.29 is 0 Å². The lowest BCUT2D eigenvalue weighted by atomic mass is 10.0. The molecule has 0 fully saturated rings. The van der Waals surface area contributed by atoms with Crippen molar-refractivity contribution in [1.29, 1.82) is 0 Å². The van der Waals surface area contributed by atoms with Crippen LogP contribution in [0.2, 0.25) is 0 Å². The van der Waals surface area contributed by atoms with Gasteiger partial charge in [0, 0.05) is 53.3 Å². The number of fused-ring (bicyclic) bond motifs is 2. The summed E-state index contributed by atoms with van der Waals surface area (Å²) in [5.41, 5.74) is 5.13. The van der Waals surface area contributed by atoms with Gasteiger partial charge < -0.3 is 14.5 Å². The summed E-state index contributed by atoms with van der Waals surface area (Å²) in [4.78, 5) is 6.79. The van der Waals surface area contributed by atoms with Crippen molar-refractivity contribution in [3.05, 3.63) is 66.0 Å². The fraction of sp³-hybridized carbons (Fsp3) is 0.333. The van der Waals surface area contributed by atoms with Gasteiger partial charge in [0.05, 0.1) is 0 Å². The van der Waals surface area contributed by atoms with E-state index in [2.05, 4.69) is 95.9 Å². The third-order valence-corrected chi connectivity index (χ3v) is 5.95. The molecule has 1 atom stereocenters. The molecule has 154 valence electrons. The number of rotatable bonds is 6. The molecule has 0 aliphatic rings. The molecule has 0 radical (unpaired) electrons. The molecule has 4 aromatic rings. The van der Waals surface area contributed by atoms with Crippen LogP contribution in [0.25, 0.3) is 21.8 Å². The smallest absolute Gasteiger partial charge is 0.0497 e. The number of benzene rings is 2. The molecule has 0 aliphatic heterocycles. The van der Waals surface area contributed by atoms with Crippen LogP contribution in [0, 0.1) is 6.92 Å². The first-order valence-electron chi connectivity index (χ1n) is 10.2. The molecule has 1 unspecified atom stereocenters. The lowest BCUT2D eigenvalue weighted by molar-refractivity contribution is 0.303. The maximum absolute atomic E-state index is 3.58. The summed E-state index contributed by atoms with van der Waals surface area (Å²) in [7, 11) is 6.43. The first-order chi connectivity index (χ1) is 14.0. The molecule has 2 aromatic heterocycles. The van der Waals surface area contributed by atoms with E-state index in [4.69, 9.17) is 0 Å². The Kier molecular flexibility index (Phi) is 7.06. The second-order valence-corrected chi connectivity index (χ2v) is 8.34. The minimum Gasteiger partial charge on any atom is -0.361 e. The van der Waals surface area contributed by atoms with E-state index in [0.29, 0.717) is 6.04 Å². The SMILES string of the molecule is CC.Cc1ccc2c(C(CNSc3ccc4cc[nH]c4c3)N(C)C)cn(C)c2c1. The van der Waals surface area contributed by atoms with Gasteiger partial charge in [-0.1, -0.05) is 32.0 Å². The highest BCUT2D eigenvalue weighted by Crippen LogP contribution is 2.30. The largest absolute Gasteiger partial charge is 0.361 e. The van der Waals surface area contributed by atoms with Crippen molar-refractivity contribution in [3.8, 4) is 0 Å². The van der Waals surface area contributed by atoms with Gasteiger partial charge in [0.2, 0.25) is 0 Å². The molecule has 0 saturated carbocycles. The van der Waals surface area contributed by atoms with Crippen molar-refractivity contribution in [2.75, 3.05) is 20.6 Å². The van der Waals surface area contributed by atoms with Crippen LogP contribution in [-0.2, 0) is 7.05 Å². The fourth-order valence-electron chi connectivity index (χ4n) is 3.66. The number of nitrogens with one attached hydrogen (secondary N) is 2. The van der Waals surface area contributed by atoms with E-state index in [9.17, 15) is 0 Å². The van der Waals surface area contributed by atoms with Crippen molar-refractivity contribution >= 4 is 33.8 Å². The highest BCUT2D eigenvalue weighted by molar-refractivity contribution is 7.97. The highest BCUT2D eigenvalue weighted by Gasteiger charge is 2.19. The first-order valence-corrected chi connectivity index (χ1v) is 11.0. The highest BCUT2D eigenvalue weighted by atomic mass is 32.2. The number of aromatic amines is 1. The molecular weight excluding hydrogens is 376 g/mol. The number of H-pyrrole nitrogens is 1. The Morgan fingerprint density at radius 1 is 1.10 bits per heavy atom. The minimum atomic E-state index is 0.304. The van der Waals surface area contributed by atoms with Crippen molar-refractivity contribution in [3.63, 3.8) is 0 Å². The van der Waals surface area contributed by atoms with Gasteiger partial charge in [-0.2, -0.15) is 0 Å². The number of hydrogen-bond donors (Lipinski definition) is 2. The third kappa shape index (κ3) is 4.69. The van der Waals surface area contributed by atoms with Gasteiger partial charge in [0.1, 0.15) is 0 Å². The Balaban J connectivity index is 0.00000117. The number of aromatic nitrogens is 2. The Bertz CT molecular complexity index is 1080. The van der Waals surface area contributed by atoms with Crippen molar-refractivity contribution in [2.24, 2.45) is 7.05 Å². The molecule has 2 heterocycles. The summed E-state index contributed by atoms with van der Waals surface area (Å²) in [5, 5.41) is 2.58. The zero-order chi connectivity index (χ0) is 21.0. The van der Waals surface area contributed by atoms with Crippen LogP contribution in [0.15, 0.2) is 59.8 Å². The summed E-state index contributed by atoms with van der Waals surface area (Å²) in [5.74, 6) is 0. The molecule has 2 aromatic carbocycles. The lowest BCUT2D eigenvalue weighted by Crippen LogP contribution is -2.28. The molecule has 4 nitrogen and oxygen atoms in total. The number of aryl methyl sites for hydroxylation is 2. The van der Waals surface area contributed by atoms with Crippen molar-refractivity contribution in [1.82, 2.24) is 19.2 Å². The second kappa shape index (κ2) is 9.53. The average molecular weight is 409 g/mol. The molecule has 5 heteroatoms. The molecule has 0 saturated heterocycles. The van der Waals surface area contributed by atoms with Gasteiger partial charge in [-0.3, -0.25) is 4.72 Å². The van der Waals surface area contributed by atoms with E-state index < -0.39 is 0 Å². The average Bonchev–Trinajstić information content (AvgIpc) is 3.30. The van der Waals surface area contributed by atoms with Gasteiger partial charge >= 0.3 is 0 Å². The van der Waals surface area contributed by atoms with Crippen LogP contribution in [-0.4, -0.2) is 35.1 Å². The minimum absolute atomic E-state index is 0.304. The second-order valence-electron chi connectivity index (χ2n) is 7.37. The summed E-state index contributed by atoms with van der Waals surface area (Å²) in [6.07, 6.45) is 4.25. The van der Waals surface area contributed by atoms with E-state index >= 15 is 0 Å². The van der Waals surface area contributed by atoms with Gasteiger partial charge in [-0.15, -0.1) is 0 Å². The Labute approximate surface area is 178 Å². The summed E-state index contributed by atoms with van der Waals surface area (Å²) in [6, 6.07) is 15.6. The summed E-state index contributed by atoms with van der Waals surface area (Å²) >= 11 is 1.69. The van der Waals surface area contributed by atoms with Crippen LogP contribution >= 0.6 is 11.9 Å².